The van der Waals surface area contributed by atoms with Crippen molar-refractivity contribution in [3.63, 3.8) is 0 Å². The summed E-state index contributed by atoms with van der Waals surface area (Å²) < 4.78 is 80.6. The molecule has 1 saturated carbocycles. The molecule has 0 spiro atoms. The number of anilines is 1. The number of hydrogen-bond acceptors (Lipinski definition) is 3. The zero-order chi connectivity index (χ0) is 21.0. The maximum atomic E-state index is 13.4. The molecule has 1 aliphatic carbocycles. The molecule has 0 bridgehead atoms. The Morgan fingerprint density at radius 3 is 2.52 bits per heavy atom. The molecule has 6 nitrogen and oxygen atoms in total. The molecule has 0 atom stereocenters. The number of alkyl halides is 3. The fourth-order valence-electron chi connectivity index (χ4n) is 3.01. The maximum Gasteiger partial charge on any atom is 0.419 e. The molecule has 2 N–H and O–H groups in total. The second-order valence-electron chi connectivity index (χ2n) is 6.98. The lowest BCUT2D eigenvalue weighted by atomic mass is 10.2. The van der Waals surface area contributed by atoms with Crippen molar-refractivity contribution in [2.75, 3.05) is 4.72 Å². The van der Waals surface area contributed by atoms with Gasteiger partial charge in [-0.3, -0.25) is 19.3 Å². The zero-order valence-electron chi connectivity index (χ0n) is 14.8. The number of sulfonamides is 1. The maximum absolute atomic E-state index is 13.4. The summed E-state index contributed by atoms with van der Waals surface area (Å²) in [4.78, 5) is 11.7. The quantitative estimate of drug-likeness (QED) is 0.607. The van der Waals surface area contributed by atoms with Gasteiger partial charge in [0, 0.05) is 12.2 Å². The third-order valence-electron chi connectivity index (χ3n) is 4.69. The average molecular weight is 429 g/mol. The number of aromatic amines is 1. The molecule has 0 saturated heterocycles. The van der Waals surface area contributed by atoms with Gasteiger partial charge in [0.15, 0.2) is 0 Å². The first-order valence-electron chi connectivity index (χ1n) is 8.67. The minimum Gasteiger partial charge on any atom is -0.295 e. The summed E-state index contributed by atoms with van der Waals surface area (Å²) in [6, 6.07) is 5.61. The Labute approximate surface area is 162 Å². The minimum absolute atomic E-state index is 0.00468. The highest BCUT2D eigenvalue weighted by Crippen LogP contribution is 2.33. The Kier molecular flexibility index (Phi) is 4.45. The molecule has 29 heavy (non-hydrogen) atoms. The van der Waals surface area contributed by atoms with Gasteiger partial charge < -0.3 is 0 Å². The van der Waals surface area contributed by atoms with Gasteiger partial charge in [0.25, 0.3) is 15.6 Å². The lowest BCUT2D eigenvalue weighted by Crippen LogP contribution is -2.18. The molecule has 1 aromatic heterocycles. The predicted molar refractivity (Wildman–Crippen MR) is 97.5 cm³/mol. The monoisotopic (exact) mass is 429 g/mol. The second-order valence-corrected chi connectivity index (χ2v) is 8.66. The number of nitrogens with zero attached hydrogens (tertiary/aromatic N) is 1. The van der Waals surface area contributed by atoms with Gasteiger partial charge in [0.2, 0.25) is 0 Å². The summed E-state index contributed by atoms with van der Waals surface area (Å²) in [6.07, 6.45) is -2.94. The Morgan fingerprint density at radius 1 is 1.14 bits per heavy atom. The Morgan fingerprint density at radius 2 is 1.86 bits per heavy atom. The van der Waals surface area contributed by atoms with Crippen molar-refractivity contribution in [3.05, 3.63) is 58.1 Å². The van der Waals surface area contributed by atoms with Crippen LogP contribution in [-0.4, -0.2) is 18.2 Å². The molecule has 1 fully saturated rings. The molecule has 154 valence electrons. The third kappa shape index (κ3) is 3.86. The summed E-state index contributed by atoms with van der Waals surface area (Å²) >= 11 is 0. The lowest BCUT2D eigenvalue weighted by Gasteiger charge is -2.12. The number of nitrogens with one attached hydrogen (secondary N) is 2. The van der Waals surface area contributed by atoms with Gasteiger partial charge in [0.05, 0.1) is 21.4 Å². The highest BCUT2D eigenvalue weighted by molar-refractivity contribution is 7.92. The average Bonchev–Trinajstić information content (AvgIpc) is 3.39. The number of fused-ring (bicyclic) bond motifs is 1. The van der Waals surface area contributed by atoms with Crippen LogP contribution in [-0.2, 0) is 22.7 Å². The summed E-state index contributed by atoms with van der Waals surface area (Å²) in [5.74, 6) is -1.12. The van der Waals surface area contributed by atoms with E-state index in [0.29, 0.717) is 24.0 Å². The van der Waals surface area contributed by atoms with Crippen LogP contribution < -0.4 is 10.3 Å². The Bertz CT molecular complexity index is 1260. The van der Waals surface area contributed by atoms with Crippen molar-refractivity contribution in [1.29, 1.82) is 0 Å². The zero-order valence-corrected chi connectivity index (χ0v) is 15.6. The van der Waals surface area contributed by atoms with E-state index in [2.05, 4.69) is 9.82 Å². The topological polar surface area (TPSA) is 84.0 Å². The molecule has 1 aliphatic rings. The van der Waals surface area contributed by atoms with Gasteiger partial charge in [-0.1, -0.05) is 0 Å². The molecule has 2 aromatic carbocycles. The van der Waals surface area contributed by atoms with Crippen LogP contribution in [0, 0.1) is 11.7 Å². The van der Waals surface area contributed by atoms with Gasteiger partial charge in [-0.15, -0.1) is 0 Å². The van der Waals surface area contributed by atoms with E-state index in [9.17, 15) is 30.8 Å². The van der Waals surface area contributed by atoms with E-state index in [1.54, 1.807) is 0 Å². The van der Waals surface area contributed by atoms with Crippen LogP contribution >= 0.6 is 0 Å². The SMILES string of the molecule is O=c1c2cc(NS(=O)(=O)c3ccc(F)c(C(F)(F)F)c3)ccc2[nH]n1CC1CC1. The summed E-state index contributed by atoms with van der Waals surface area (Å²) in [5.41, 5.74) is -1.47. The molecule has 1 heterocycles. The summed E-state index contributed by atoms with van der Waals surface area (Å²) in [5, 5.41) is 3.20. The number of H-pyrrole nitrogens is 1. The molecule has 0 radical (unpaired) electrons. The molecule has 0 aliphatic heterocycles. The molecule has 0 unspecified atom stereocenters. The van der Waals surface area contributed by atoms with Gasteiger partial charge >= 0.3 is 6.18 Å². The molecular formula is C18H15F4N3O3S. The van der Waals surface area contributed by atoms with Crippen LogP contribution in [0.5, 0.6) is 0 Å². The van der Waals surface area contributed by atoms with Gasteiger partial charge in [-0.05, 0) is 55.2 Å². The minimum atomic E-state index is -5.04. The molecule has 0 amide bonds. The van der Waals surface area contributed by atoms with E-state index < -0.39 is 32.5 Å². The van der Waals surface area contributed by atoms with E-state index >= 15 is 0 Å². The van der Waals surface area contributed by atoms with Crippen molar-refractivity contribution in [1.82, 2.24) is 9.78 Å². The van der Waals surface area contributed by atoms with Crippen LogP contribution in [0.1, 0.15) is 18.4 Å². The molecule has 3 aromatic rings. The standard InChI is InChI=1S/C18H15F4N3O3S/c19-15-5-4-12(8-14(15)18(20,21)22)29(27,28)24-11-3-6-16-13(7-11)17(26)25(23-16)9-10-1-2-10/h3-8,10,23-24H,1-2,9H2. The molecule has 4 rings (SSSR count). The fraction of sp³-hybridized carbons (Fsp3) is 0.278. The third-order valence-corrected chi connectivity index (χ3v) is 6.07. The molecule has 11 heteroatoms. The number of benzene rings is 2. The number of aromatic nitrogens is 2. The van der Waals surface area contributed by atoms with E-state index in [-0.39, 0.29) is 22.7 Å². The van der Waals surface area contributed by atoms with Gasteiger partial charge in [-0.25, -0.2) is 12.8 Å². The number of rotatable bonds is 5. The van der Waals surface area contributed by atoms with Crippen LogP contribution in [0.4, 0.5) is 23.2 Å². The van der Waals surface area contributed by atoms with E-state index in [1.165, 1.54) is 22.9 Å². The number of halogens is 4. The van der Waals surface area contributed by atoms with E-state index in [1.807, 2.05) is 0 Å². The smallest absolute Gasteiger partial charge is 0.295 e. The van der Waals surface area contributed by atoms with Crippen molar-refractivity contribution in [2.45, 2.75) is 30.5 Å². The van der Waals surface area contributed by atoms with Crippen LogP contribution in [0.2, 0.25) is 0 Å². The van der Waals surface area contributed by atoms with E-state index in [0.717, 1.165) is 18.9 Å². The van der Waals surface area contributed by atoms with Crippen molar-refractivity contribution in [2.24, 2.45) is 5.92 Å². The summed E-state index contributed by atoms with van der Waals surface area (Å²) in [7, 11) is -4.43. The lowest BCUT2D eigenvalue weighted by molar-refractivity contribution is -0.140. The summed E-state index contributed by atoms with van der Waals surface area (Å²) in [6.45, 7) is 0.546. The van der Waals surface area contributed by atoms with E-state index in [4.69, 9.17) is 0 Å². The van der Waals surface area contributed by atoms with Gasteiger partial charge in [-0.2, -0.15) is 13.2 Å². The van der Waals surface area contributed by atoms with Crippen LogP contribution in [0.25, 0.3) is 10.9 Å². The first kappa shape index (κ1) is 19.5. The van der Waals surface area contributed by atoms with Crippen molar-refractivity contribution >= 4 is 26.6 Å². The first-order chi connectivity index (χ1) is 13.5. The molecular weight excluding hydrogens is 414 g/mol. The second kappa shape index (κ2) is 6.61. The normalized spacial score (nSPS) is 15.0. The van der Waals surface area contributed by atoms with Crippen molar-refractivity contribution < 1.29 is 26.0 Å². The highest BCUT2D eigenvalue weighted by Gasteiger charge is 2.35. The van der Waals surface area contributed by atoms with Crippen LogP contribution in [0.15, 0.2) is 46.1 Å². The highest BCUT2D eigenvalue weighted by atomic mass is 32.2. The largest absolute Gasteiger partial charge is 0.419 e. The van der Waals surface area contributed by atoms with Crippen molar-refractivity contribution in [3.8, 4) is 0 Å². The Hall–Kier alpha value is -2.82. The van der Waals surface area contributed by atoms with Crippen LogP contribution in [0.3, 0.4) is 0 Å². The Balaban J connectivity index is 1.66. The van der Waals surface area contributed by atoms with Gasteiger partial charge in [0.1, 0.15) is 5.82 Å². The first-order valence-corrected chi connectivity index (χ1v) is 10.1. The predicted octanol–water partition coefficient (Wildman–Crippen LogP) is 3.70. The fourth-order valence-corrected chi connectivity index (χ4v) is 4.09. The number of hydrogen-bond donors (Lipinski definition) is 2.